The monoisotopic (exact) mass is 213 g/mol. The maximum atomic E-state index is 6.13. The molecular weight excluding hydrogens is 186 g/mol. The summed E-state index contributed by atoms with van der Waals surface area (Å²) >= 11 is 0. The minimum absolute atomic E-state index is 0.421. The Morgan fingerprint density at radius 3 is 2.40 bits per heavy atom. The van der Waals surface area contributed by atoms with E-state index in [0.29, 0.717) is 12.1 Å². The van der Waals surface area contributed by atoms with Gasteiger partial charge in [-0.3, -0.25) is 4.90 Å². The van der Waals surface area contributed by atoms with E-state index in [0.717, 1.165) is 6.54 Å². The van der Waals surface area contributed by atoms with Crippen molar-refractivity contribution in [1.82, 2.24) is 9.80 Å². The van der Waals surface area contributed by atoms with E-state index in [1.54, 1.807) is 0 Å². The first-order valence-electron chi connectivity index (χ1n) is 6.29. The van der Waals surface area contributed by atoms with E-state index < -0.39 is 0 Å². The Labute approximate surface area is 94.6 Å². The molecule has 2 unspecified atom stereocenters. The lowest BCUT2D eigenvalue weighted by atomic mass is 10.1. The van der Waals surface area contributed by atoms with Crippen LogP contribution in [0.2, 0.25) is 0 Å². The van der Waals surface area contributed by atoms with Crippen molar-refractivity contribution >= 4 is 0 Å². The third kappa shape index (κ3) is 4.09. The molecule has 1 fully saturated rings. The van der Waals surface area contributed by atoms with Gasteiger partial charge in [-0.15, -0.1) is 0 Å². The van der Waals surface area contributed by atoms with Gasteiger partial charge in [-0.2, -0.15) is 0 Å². The molecule has 0 radical (unpaired) electrons. The maximum Gasteiger partial charge on any atom is 0.0247 e. The molecule has 3 heteroatoms. The molecule has 0 aromatic rings. The molecule has 0 aliphatic heterocycles. The molecule has 1 rings (SSSR count). The van der Waals surface area contributed by atoms with Crippen molar-refractivity contribution in [3.63, 3.8) is 0 Å². The topological polar surface area (TPSA) is 32.5 Å². The van der Waals surface area contributed by atoms with Crippen molar-refractivity contribution in [3.8, 4) is 0 Å². The molecule has 1 aliphatic rings. The van der Waals surface area contributed by atoms with Crippen LogP contribution >= 0.6 is 0 Å². The zero-order chi connectivity index (χ0) is 11.3. The van der Waals surface area contributed by atoms with Crippen LogP contribution in [-0.4, -0.2) is 55.6 Å². The fourth-order valence-electron chi connectivity index (χ4n) is 2.57. The largest absolute Gasteiger partial charge is 0.326 e. The molecule has 0 heterocycles. The first-order chi connectivity index (χ1) is 7.15. The molecule has 0 spiro atoms. The Morgan fingerprint density at radius 1 is 1.20 bits per heavy atom. The molecule has 3 nitrogen and oxygen atoms in total. The first kappa shape index (κ1) is 12.9. The zero-order valence-electron chi connectivity index (χ0n) is 10.6. The summed E-state index contributed by atoms with van der Waals surface area (Å²) in [5.74, 6) is 0. The Kier molecular flexibility index (Phi) is 5.58. The van der Waals surface area contributed by atoms with Crippen molar-refractivity contribution in [2.75, 3.05) is 33.7 Å². The highest BCUT2D eigenvalue weighted by Gasteiger charge is 2.28. The fraction of sp³-hybridized carbons (Fsp3) is 1.00. The average Bonchev–Trinajstić information content (AvgIpc) is 2.59. The van der Waals surface area contributed by atoms with Crippen LogP contribution < -0.4 is 5.73 Å². The quantitative estimate of drug-likeness (QED) is 0.718. The summed E-state index contributed by atoms with van der Waals surface area (Å²) < 4.78 is 0. The summed E-state index contributed by atoms with van der Waals surface area (Å²) in [6.07, 6.45) is 5.09. The third-order valence-electron chi connectivity index (χ3n) is 3.46. The predicted molar refractivity (Wildman–Crippen MR) is 66.0 cm³/mol. The van der Waals surface area contributed by atoms with Gasteiger partial charge in [-0.1, -0.05) is 13.3 Å². The van der Waals surface area contributed by atoms with Crippen molar-refractivity contribution in [2.24, 2.45) is 5.73 Å². The summed E-state index contributed by atoms with van der Waals surface area (Å²) in [7, 11) is 4.27. The second-order valence-electron chi connectivity index (χ2n) is 4.95. The summed E-state index contributed by atoms with van der Waals surface area (Å²) in [5.41, 5.74) is 6.13. The second-order valence-corrected chi connectivity index (χ2v) is 4.95. The van der Waals surface area contributed by atoms with E-state index >= 15 is 0 Å². The van der Waals surface area contributed by atoms with Crippen LogP contribution in [-0.2, 0) is 0 Å². The fourth-order valence-corrected chi connectivity index (χ4v) is 2.57. The van der Waals surface area contributed by atoms with Crippen molar-refractivity contribution in [2.45, 2.75) is 44.7 Å². The van der Waals surface area contributed by atoms with Crippen LogP contribution in [0, 0.1) is 0 Å². The van der Waals surface area contributed by atoms with E-state index in [4.69, 9.17) is 5.73 Å². The van der Waals surface area contributed by atoms with Crippen LogP contribution in [0.15, 0.2) is 0 Å². The summed E-state index contributed by atoms with van der Waals surface area (Å²) in [6.45, 7) is 5.78. The number of hydrogen-bond acceptors (Lipinski definition) is 3. The summed E-state index contributed by atoms with van der Waals surface area (Å²) in [6, 6.07) is 1.07. The minimum atomic E-state index is 0.421. The highest BCUT2D eigenvalue weighted by molar-refractivity contribution is 4.87. The Bertz CT molecular complexity index is 170. The Hall–Kier alpha value is -0.120. The molecule has 0 amide bonds. The van der Waals surface area contributed by atoms with Crippen molar-refractivity contribution in [3.05, 3.63) is 0 Å². The molecule has 0 aromatic carbocycles. The molecule has 2 atom stereocenters. The van der Waals surface area contributed by atoms with Gasteiger partial charge in [0.25, 0.3) is 0 Å². The van der Waals surface area contributed by atoms with Crippen LogP contribution in [0.5, 0.6) is 0 Å². The average molecular weight is 213 g/mol. The van der Waals surface area contributed by atoms with E-state index in [2.05, 4.69) is 30.8 Å². The molecule has 1 saturated carbocycles. The maximum absolute atomic E-state index is 6.13. The van der Waals surface area contributed by atoms with Crippen LogP contribution in [0.25, 0.3) is 0 Å². The van der Waals surface area contributed by atoms with Gasteiger partial charge in [0, 0.05) is 12.1 Å². The minimum Gasteiger partial charge on any atom is -0.326 e. The number of likely N-dealkylation sites (N-methyl/N-ethyl adjacent to an activating group) is 1. The molecular formula is C12H27N3. The molecule has 0 saturated heterocycles. The third-order valence-corrected chi connectivity index (χ3v) is 3.46. The van der Waals surface area contributed by atoms with Gasteiger partial charge in [0.15, 0.2) is 0 Å². The zero-order valence-corrected chi connectivity index (χ0v) is 10.6. The van der Waals surface area contributed by atoms with Gasteiger partial charge >= 0.3 is 0 Å². The molecule has 0 aromatic heterocycles. The van der Waals surface area contributed by atoms with Crippen LogP contribution in [0.3, 0.4) is 0 Å². The lowest BCUT2D eigenvalue weighted by molar-refractivity contribution is 0.185. The molecule has 0 bridgehead atoms. The van der Waals surface area contributed by atoms with Crippen LogP contribution in [0.4, 0.5) is 0 Å². The molecule has 1 aliphatic carbocycles. The summed E-state index contributed by atoms with van der Waals surface area (Å²) in [5, 5.41) is 0. The predicted octanol–water partition coefficient (Wildman–Crippen LogP) is 1.14. The lowest BCUT2D eigenvalue weighted by Crippen LogP contribution is -2.45. The standard InChI is InChI=1S/C12H27N3/c1-4-15(10-6-9-14(2)3)12-8-5-7-11(12)13/h11-12H,4-10,13H2,1-3H3. The highest BCUT2D eigenvalue weighted by atomic mass is 15.2. The van der Waals surface area contributed by atoms with Gasteiger partial charge in [0.1, 0.15) is 0 Å². The van der Waals surface area contributed by atoms with Crippen molar-refractivity contribution < 1.29 is 0 Å². The molecule has 15 heavy (non-hydrogen) atoms. The van der Waals surface area contributed by atoms with E-state index in [9.17, 15) is 0 Å². The number of nitrogens with zero attached hydrogens (tertiary/aromatic N) is 2. The Balaban J connectivity index is 2.28. The van der Waals surface area contributed by atoms with E-state index in [1.165, 1.54) is 38.8 Å². The number of rotatable bonds is 6. The molecule has 2 N–H and O–H groups in total. The Morgan fingerprint density at radius 2 is 1.93 bits per heavy atom. The van der Waals surface area contributed by atoms with E-state index in [1.807, 2.05) is 0 Å². The SMILES string of the molecule is CCN(CCCN(C)C)C1CCCC1N. The second kappa shape index (κ2) is 6.46. The van der Waals surface area contributed by atoms with Gasteiger partial charge in [0.05, 0.1) is 0 Å². The van der Waals surface area contributed by atoms with Crippen LogP contribution in [0.1, 0.15) is 32.6 Å². The van der Waals surface area contributed by atoms with Gasteiger partial charge in [-0.25, -0.2) is 0 Å². The smallest absolute Gasteiger partial charge is 0.0247 e. The van der Waals surface area contributed by atoms with Crippen molar-refractivity contribution in [1.29, 1.82) is 0 Å². The summed E-state index contributed by atoms with van der Waals surface area (Å²) in [4.78, 5) is 4.82. The number of hydrogen-bond donors (Lipinski definition) is 1. The normalized spacial score (nSPS) is 26.8. The highest BCUT2D eigenvalue weighted by Crippen LogP contribution is 2.22. The lowest BCUT2D eigenvalue weighted by Gasteiger charge is -2.30. The van der Waals surface area contributed by atoms with Gasteiger partial charge < -0.3 is 10.6 Å². The molecule has 90 valence electrons. The van der Waals surface area contributed by atoms with E-state index in [-0.39, 0.29) is 0 Å². The first-order valence-corrected chi connectivity index (χ1v) is 6.29. The number of nitrogens with two attached hydrogens (primary N) is 1. The van der Waals surface area contributed by atoms with Gasteiger partial charge in [-0.05, 0) is 53.0 Å². The van der Waals surface area contributed by atoms with Gasteiger partial charge in [0.2, 0.25) is 0 Å².